The number of rotatable bonds is 4. The zero-order valence-electron chi connectivity index (χ0n) is 13.7. The van der Waals surface area contributed by atoms with Crippen LogP contribution in [0.3, 0.4) is 0 Å². The molecular weight excluding hydrogens is 266 g/mol. The summed E-state index contributed by atoms with van der Waals surface area (Å²) < 4.78 is 11.3. The van der Waals surface area contributed by atoms with Crippen LogP contribution in [0.4, 0.5) is 0 Å². The highest BCUT2D eigenvalue weighted by molar-refractivity contribution is 5.21. The van der Waals surface area contributed by atoms with Crippen molar-refractivity contribution in [3.8, 4) is 5.88 Å². The van der Waals surface area contributed by atoms with Gasteiger partial charge in [0.05, 0.1) is 18.3 Å². The molecule has 1 unspecified atom stereocenters. The lowest BCUT2D eigenvalue weighted by atomic mass is 9.95. The lowest BCUT2D eigenvalue weighted by molar-refractivity contribution is -0.187. The van der Waals surface area contributed by atoms with Gasteiger partial charge in [-0.25, -0.2) is 4.98 Å². The molecule has 1 aromatic heterocycles. The van der Waals surface area contributed by atoms with E-state index in [1.165, 1.54) is 0 Å². The number of pyridine rings is 1. The molecule has 5 nitrogen and oxygen atoms in total. The van der Waals surface area contributed by atoms with Crippen LogP contribution < -0.4 is 10.5 Å². The van der Waals surface area contributed by atoms with E-state index < -0.39 is 0 Å². The van der Waals surface area contributed by atoms with Gasteiger partial charge in [0.1, 0.15) is 0 Å². The molecule has 0 amide bonds. The summed E-state index contributed by atoms with van der Waals surface area (Å²) in [6, 6.07) is 4.07. The van der Waals surface area contributed by atoms with Crippen LogP contribution in [0.25, 0.3) is 0 Å². The average Bonchev–Trinajstić information content (AvgIpc) is 2.37. The van der Waals surface area contributed by atoms with Gasteiger partial charge in [0.2, 0.25) is 5.88 Å². The Morgan fingerprint density at radius 3 is 2.33 bits per heavy atom. The Kier molecular flexibility index (Phi) is 4.56. The van der Waals surface area contributed by atoms with Gasteiger partial charge in [-0.2, -0.15) is 0 Å². The van der Waals surface area contributed by atoms with Crippen LogP contribution in [0.2, 0.25) is 0 Å². The molecule has 21 heavy (non-hydrogen) atoms. The molecule has 0 spiro atoms. The van der Waals surface area contributed by atoms with E-state index in [4.69, 9.17) is 15.2 Å². The first-order valence-electron chi connectivity index (χ1n) is 7.40. The molecule has 0 aliphatic carbocycles. The molecule has 2 heterocycles. The Morgan fingerprint density at radius 1 is 1.29 bits per heavy atom. The first-order chi connectivity index (χ1) is 9.76. The summed E-state index contributed by atoms with van der Waals surface area (Å²) in [6.45, 7) is 10.8. The molecule has 1 atom stereocenters. The van der Waals surface area contributed by atoms with Gasteiger partial charge in [0, 0.05) is 37.9 Å². The first kappa shape index (κ1) is 16.2. The van der Waals surface area contributed by atoms with Gasteiger partial charge < -0.3 is 15.2 Å². The van der Waals surface area contributed by atoms with Crippen molar-refractivity contribution in [2.75, 3.05) is 26.7 Å². The Morgan fingerprint density at radius 2 is 1.90 bits per heavy atom. The smallest absolute Gasteiger partial charge is 0.212 e. The highest BCUT2D eigenvalue weighted by Crippen LogP contribution is 2.33. The fourth-order valence-corrected chi connectivity index (χ4v) is 3.27. The van der Waals surface area contributed by atoms with Crippen LogP contribution in [-0.2, 0) is 4.74 Å². The first-order valence-corrected chi connectivity index (χ1v) is 7.40. The summed E-state index contributed by atoms with van der Waals surface area (Å²) in [7, 11) is 1.62. The van der Waals surface area contributed by atoms with E-state index in [1.807, 2.05) is 18.3 Å². The maximum absolute atomic E-state index is 6.14. The van der Waals surface area contributed by atoms with E-state index in [1.54, 1.807) is 7.11 Å². The predicted octanol–water partition coefficient (Wildman–Crippen LogP) is 1.98. The molecule has 2 N–H and O–H groups in total. The SMILES string of the molecule is COc1ccc(C(CN)N2CC(C)(C)OC(C)(C)C2)cn1. The van der Waals surface area contributed by atoms with E-state index >= 15 is 0 Å². The van der Waals surface area contributed by atoms with Crippen LogP contribution >= 0.6 is 0 Å². The molecule has 1 aliphatic rings. The number of hydrogen-bond acceptors (Lipinski definition) is 5. The number of hydrogen-bond donors (Lipinski definition) is 1. The fourth-order valence-electron chi connectivity index (χ4n) is 3.27. The van der Waals surface area contributed by atoms with Crippen LogP contribution in [-0.4, -0.2) is 47.8 Å². The minimum absolute atomic E-state index is 0.144. The van der Waals surface area contributed by atoms with Crippen LogP contribution in [0.15, 0.2) is 18.3 Å². The summed E-state index contributed by atoms with van der Waals surface area (Å²) in [6.07, 6.45) is 1.85. The molecule has 118 valence electrons. The van der Waals surface area contributed by atoms with Gasteiger partial charge in [-0.3, -0.25) is 4.90 Å². The average molecular weight is 293 g/mol. The van der Waals surface area contributed by atoms with E-state index in [-0.39, 0.29) is 17.2 Å². The molecule has 1 aromatic rings. The van der Waals surface area contributed by atoms with Crippen molar-refractivity contribution in [1.29, 1.82) is 0 Å². The number of ether oxygens (including phenoxy) is 2. The Labute approximate surface area is 127 Å². The van der Waals surface area contributed by atoms with E-state index in [2.05, 4.69) is 37.6 Å². The topological polar surface area (TPSA) is 60.6 Å². The third-order valence-corrected chi connectivity index (χ3v) is 3.74. The summed E-state index contributed by atoms with van der Waals surface area (Å²) in [5.41, 5.74) is 6.79. The minimum atomic E-state index is -0.185. The van der Waals surface area contributed by atoms with Gasteiger partial charge in [-0.1, -0.05) is 6.07 Å². The monoisotopic (exact) mass is 293 g/mol. The standard InChI is InChI=1S/C16H27N3O2/c1-15(2)10-19(11-16(3,4)21-15)13(8-17)12-6-7-14(20-5)18-9-12/h6-7,9,13H,8,10-11,17H2,1-5H3. The number of aromatic nitrogens is 1. The molecule has 1 saturated heterocycles. The van der Waals surface area contributed by atoms with E-state index in [0.717, 1.165) is 18.7 Å². The third kappa shape index (κ3) is 3.93. The molecular formula is C16H27N3O2. The molecule has 0 aromatic carbocycles. The summed E-state index contributed by atoms with van der Waals surface area (Å²) in [5.74, 6) is 0.622. The molecule has 2 rings (SSSR count). The number of morpholine rings is 1. The van der Waals surface area contributed by atoms with Gasteiger partial charge in [0.15, 0.2) is 0 Å². The number of methoxy groups -OCH3 is 1. The van der Waals surface area contributed by atoms with E-state index in [0.29, 0.717) is 12.4 Å². The highest BCUT2D eigenvalue weighted by Gasteiger charge is 2.40. The molecule has 1 fully saturated rings. The molecule has 0 radical (unpaired) electrons. The molecule has 0 bridgehead atoms. The van der Waals surface area contributed by atoms with Crippen molar-refractivity contribution in [1.82, 2.24) is 9.88 Å². The minimum Gasteiger partial charge on any atom is -0.481 e. The fraction of sp³-hybridized carbons (Fsp3) is 0.688. The normalized spacial score (nSPS) is 22.8. The lowest BCUT2D eigenvalue weighted by Gasteiger charge is -2.49. The zero-order valence-corrected chi connectivity index (χ0v) is 13.7. The quantitative estimate of drug-likeness (QED) is 0.920. The lowest BCUT2D eigenvalue weighted by Crippen LogP contribution is -2.58. The summed E-state index contributed by atoms with van der Waals surface area (Å²) in [5, 5.41) is 0. The van der Waals surface area contributed by atoms with Crippen molar-refractivity contribution < 1.29 is 9.47 Å². The van der Waals surface area contributed by atoms with E-state index in [9.17, 15) is 0 Å². The largest absolute Gasteiger partial charge is 0.481 e. The van der Waals surface area contributed by atoms with Crippen molar-refractivity contribution >= 4 is 0 Å². The van der Waals surface area contributed by atoms with Crippen molar-refractivity contribution in [2.24, 2.45) is 5.73 Å². The molecule has 5 heteroatoms. The summed E-state index contributed by atoms with van der Waals surface area (Å²) in [4.78, 5) is 6.69. The number of nitrogens with zero attached hydrogens (tertiary/aromatic N) is 2. The Bertz CT molecular complexity index is 455. The molecule has 0 saturated carbocycles. The summed E-state index contributed by atoms with van der Waals surface area (Å²) >= 11 is 0. The van der Waals surface area contributed by atoms with Crippen molar-refractivity contribution in [2.45, 2.75) is 44.9 Å². The van der Waals surface area contributed by atoms with Gasteiger partial charge in [-0.15, -0.1) is 0 Å². The second-order valence-corrected chi connectivity index (χ2v) is 6.91. The van der Waals surface area contributed by atoms with Crippen molar-refractivity contribution in [3.63, 3.8) is 0 Å². The maximum Gasteiger partial charge on any atom is 0.212 e. The van der Waals surface area contributed by atoms with Crippen LogP contribution in [0.5, 0.6) is 5.88 Å². The number of nitrogens with two attached hydrogens (primary N) is 1. The van der Waals surface area contributed by atoms with Gasteiger partial charge >= 0.3 is 0 Å². The molecule has 1 aliphatic heterocycles. The van der Waals surface area contributed by atoms with Crippen LogP contribution in [0.1, 0.15) is 39.3 Å². The van der Waals surface area contributed by atoms with Gasteiger partial charge in [-0.05, 0) is 33.3 Å². The Hall–Kier alpha value is -1.17. The van der Waals surface area contributed by atoms with Crippen LogP contribution in [0, 0.1) is 0 Å². The highest BCUT2D eigenvalue weighted by atomic mass is 16.5. The Balaban J connectivity index is 2.23. The second-order valence-electron chi connectivity index (χ2n) is 6.91. The third-order valence-electron chi connectivity index (χ3n) is 3.74. The second kappa shape index (κ2) is 5.91. The zero-order chi connectivity index (χ0) is 15.7. The maximum atomic E-state index is 6.14. The van der Waals surface area contributed by atoms with Crippen molar-refractivity contribution in [3.05, 3.63) is 23.9 Å². The predicted molar refractivity (Wildman–Crippen MR) is 83.4 cm³/mol. The van der Waals surface area contributed by atoms with Gasteiger partial charge in [0.25, 0.3) is 0 Å².